The van der Waals surface area contributed by atoms with Crippen molar-refractivity contribution in [2.75, 3.05) is 6.61 Å². The molecule has 26 heavy (non-hydrogen) atoms. The van der Waals surface area contributed by atoms with Crippen LogP contribution in [-0.4, -0.2) is 34.6 Å². The molecule has 2 N–H and O–H groups in total. The summed E-state index contributed by atoms with van der Waals surface area (Å²) in [5.74, 6) is 0.564. The van der Waals surface area contributed by atoms with Gasteiger partial charge in [0.05, 0.1) is 17.8 Å². The van der Waals surface area contributed by atoms with Crippen LogP contribution >= 0.6 is 0 Å². The van der Waals surface area contributed by atoms with Crippen LogP contribution in [0.1, 0.15) is 86.0 Å². The Labute approximate surface area is 161 Å². The largest absolute Gasteiger partial charge is 0.390 e. The van der Waals surface area contributed by atoms with E-state index in [0.717, 1.165) is 58.0 Å². The van der Waals surface area contributed by atoms with Gasteiger partial charge >= 0.3 is 0 Å². The first-order valence-corrected chi connectivity index (χ1v) is 10.7. The topological polar surface area (TPSA) is 49.7 Å². The van der Waals surface area contributed by atoms with Gasteiger partial charge in [0.25, 0.3) is 0 Å². The highest BCUT2D eigenvalue weighted by molar-refractivity contribution is 5.20. The number of aliphatic hydroxyl groups excluding tert-OH is 1. The van der Waals surface area contributed by atoms with Crippen molar-refractivity contribution in [2.45, 2.75) is 104 Å². The second-order valence-corrected chi connectivity index (χ2v) is 8.41. The molecule has 0 heterocycles. The minimum Gasteiger partial charge on any atom is -0.390 e. The van der Waals surface area contributed by atoms with Crippen molar-refractivity contribution in [1.29, 1.82) is 0 Å². The molecule has 5 atom stereocenters. The molecule has 0 aromatic heterocycles. The Kier molecular flexibility index (Phi) is 10.7. The van der Waals surface area contributed by atoms with Crippen LogP contribution < -0.4 is 0 Å². The molecule has 3 nitrogen and oxygen atoms in total. The van der Waals surface area contributed by atoms with Crippen LogP contribution in [0.5, 0.6) is 0 Å². The van der Waals surface area contributed by atoms with Crippen molar-refractivity contribution >= 4 is 0 Å². The summed E-state index contributed by atoms with van der Waals surface area (Å²) in [6.07, 6.45) is 14.0. The van der Waals surface area contributed by atoms with Gasteiger partial charge in [-0.25, -0.2) is 0 Å². The van der Waals surface area contributed by atoms with Crippen LogP contribution in [0.3, 0.4) is 0 Å². The lowest BCUT2D eigenvalue weighted by molar-refractivity contribution is -0.0111. The van der Waals surface area contributed by atoms with Gasteiger partial charge in [0.1, 0.15) is 0 Å². The van der Waals surface area contributed by atoms with E-state index in [9.17, 15) is 10.2 Å². The number of ether oxygens (including phenoxy) is 1. The molecular weight excluding hydrogens is 324 g/mol. The molecule has 1 aliphatic carbocycles. The predicted molar refractivity (Wildman–Crippen MR) is 110 cm³/mol. The van der Waals surface area contributed by atoms with Crippen LogP contribution in [0.2, 0.25) is 0 Å². The number of allylic oxidation sites excluding steroid dienone is 2. The molecule has 0 bridgehead atoms. The van der Waals surface area contributed by atoms with E-state index < -0.39 is 5.60 Å². The summed E-state index contributed by atoms with van der Waals surface area (Å²) >= 11 is 0. The lowest BCUT2D eigenvalue weighted by atomic mass is 9.77. The SMILES string of the molecule is CCCCOC1C(C/C=C/CCCC(C)(O)CCC)=CC(O)C(C)C1C. The molecule has 0 spiro atoms. The quantitative estimate of drug-likeness (QED) is 0.358. The van der Waals surface area contributed by atoms with Crippen molar-refractivity contribution in [3.8, 4) is 0 Å². The molecule has 0 aromatic rings. The van der Waals surface area contributed by atoms with Crippen molar-refractivity contribution in [3.05, 3.63) is 23.8 Å². The van der Waals surface area contributed by atoms with E-state index in [1.807, 2.05) is 13.0 Å². The van der Waals surface area contributed by atoms with Crippen molar-refractivity contribution in [1.82, 2.24) is 0 Å². The first kappa shape index (κ1) is 23.4. The van der Waals surface area contributed by atoms with Crippen molar-refractivity contribution in [3.63, 3.8) is 0 Å². The third-order valence-electron chi connectivity index (χ3n) is 5.79. The molecule has 3 heteroatoms. The highest BCUT2D eigenvalue weighted by Gasteiger charge is 2.34. The summed E-state index contributed by atoms with van der Waals surface area (Å²) in [5.41, 5.74) is 0.691. The van der Waals surface area contributed by atoms with Gasteiger partial charge in [-0.2, -0.15) is 0 Å². The molecule has 0 radical (unpaired) electrons. The Bertz CT molecular complexity index is 439. The zero-order chi connectivity index (χ0) is 19.6. The number of aliphatic hydroxyl groups is 2. The molecule has 5 unspecified atom stereocenters. The molecule has 0 fully saturated rings. The lowest BCUT2D eigenvalue weighted by Gasteiger charge is -2.37. The first-order valence-electron chi connectivity index (χ1n) is 10.7. The molecule has 0 saturated heterocycles. The summed E-state index contributed by atoms with van der Waals surface area (Å²) in [6, 6.07) is 0. The Morgan fingerprint density at radius 1 is 1.08 bits per heavy atom. The predicted octanol–water partition coefficient (Wildman–Crippen LogP) is 5.41. The summed E-state index contributed by atoms with van der Waals surface area (Å²) in [7, 11) is 0. The van der Waals surface area contributed by atoms with E-state index in [0.29, 0.717) is 5.92 Å². The maximum atomic E-state index is 10.3. The number of hydrogen-bond donors (Lipinski definition) is 2. The summed E-state index contributed by atoms with van der Waals surface area (Å²) < 4.78 is 6.17. The maximum Gasteiger partial charge on any atom is 0.0818 e. The van der Waals surface area contributed by atoms with Crippen LogP contribution in [0.15, 0.2) is 23.8 Å². The second kappa shape index (κ2) is 11.9. The maximum absolute atomic E-state index is 10.3. The zero-order valence-corrected chi connectivity index (χ0v) is 17.7. The van der Waals surface area contributed by atoms with Gasteiger partial charge < -0.3 is 14.9 Å². The van der Waals surface area contributed by atoms with Gasteiger partial charge in [-0.1, -0.05) is 58.8 Å². The molecule has 0 aliphatic heterocycles. The van der Waals surface area contributed by atoms with Gasteiger partial charge in [0.2, 0.25) is 0 Å². The van der Waals surface area contributed by atoms with Crippen LogP contribution in [0, 0.1) is 11.8 Å². The molecule has 152 valence electrons. The van der Waals surface area contributed by atoms with Gasteiger partial charge in [-0.05, 0) is 62.9 Å². The lowest BCUT2D eigenvalue weighted by Crippen LogP contribution is -2.38. The van der Waals surface area contributed by atoms with E-state index >= 15 is 0 Å². The zero-order valence-electron chi connectivity index (χ0n) is 17.7. The van der Waals surface area contributed by atoms with E-state index in [4.69, 9.17) is 4.74 Å². The Morgan fingerprint density at radius 3 is 2.46 bits per heavy atom. The highest BCUT2D eigenvalue weighted by atomic mass is 16.5. The first-order chi connectivity index (χ1) is 12.3. The van der Waals surface area contributed by atoms with E-state index in [-0.39, 0.29) is 18.1 Å². The van der Waals surface area contributed by atoms with E-state index in [1.165, 1.54) is 5.57 Å². The fraction of sp³-hybridized carbons (Fsp3) is 0.826. The van der Waals surface area contributed by atoms with E-state index in [2.05, 4.69) is 39.8 Å². The molecule has 0 saturated carbocycles. The van der Waals surface area contributed by atoms with Gasteiger partial charge in [-0.3, -0.25) is 0 Å². The molecule has 1 aliphatic rings. The van der Waals surface area contributed by atoms with Crippen LogP contribution in [0.4, 0.5) is 0 Å². The Balaban J connectivity index is 2.51. The average molecular weight is 367 g/mol. The van der Waals surface area contributed by atoms with Crippen LogP contribution in [-0.2, 0) is 4.74 Å². The van der Waals surface area contributed by atoms with Crippen molar-refractivity contribution in [2.24, 2.45) is 11.8 Å². The van der Waals surface area contributed by atoms with E-state index in [1.54, 1.807) is 0 Å². The van der Waals surface area contributed by atoms with Gasteiger partial charge in [-0.15, -0.1) is 0 Å². The Hall–Kier alpha value is -0.640. The minimum absolute atomic E-state index is 0.120. The van der Waals surface area contributed by atoms with Gasteiger partial charge in [0, 0.05) is 6.61 Å². The molecule has 1 rings (SSSR count). The minimum atomic E-state index is -0.525. The number of rotatable bonds is 12. The summed E-state index contributed by atoms with van der Waals surface area (Å²) in [5, 5.41) is 20.5. The Morgan fingerprint density at radius 2 is 1.81 bits per heavy atom. The third kappa shape index (κ3) is 7.94. The summed E-state index contributed by atoms with van der Waals surface area (Å²) in [4.78, 5) is 0. The highest BCUT2D eigenvalue weighted by Crippen LogP contribution is 2.34. The fourth-order valence-electron chi connectivity index (χ4n) is 3.79. The van der Waals surface area contributed by atoms with Crippen LogP contribution in [0.25, 0.3) is 0 Å². The number of unbranched alkanes of at least 4 members (excludes halogenated alkanes) is 2. The standard InChI is InChI=1S/C23H42O3/c1-6-8-16-26-22-19(4)18(3)21(24)17-20(22)13-11-9-10-12-15-23(5,25)14-7-2/h9,11,17-19,21-22,24-25H,6-8,10,12-16H2,1-5H3/b11-9+. The second-order valence-electron chi connectivity index (χ2n) is 8.41. The fourth-order valence-corrected chi connectivity index (χ4v) is 3.79. The molecular formula is C23H42O3. The average Bonchev–Trinajstić information content (AvgIpc) is 2.58. The monoisotopic (exact) mass is 366 g/mol. The third-order valence-corrected chi connectivity index (χ3v) is 5.79. The number of hydrogen-bond acceptors (Lipinski definition) is 3. The van der Waals surface area contributed by atoms with Crippen molar-refractivity contribution < 1.29 is 14.9 Å². The smallest absolute Gasteiger partial charge is 0.0818 e. The normalized spacial score (nSPS) is 29.0. The summed E-state index contributed by atoms with van der Waals surface area (Å²) in [6.45, 7) is 11.3. The molecule has 0 aromatic carbocycles. The molecule has 0 amide bonds. The van der Waals surface area contributed by atoms with Gasteiger partial charge in [0.15, 0.2) is 0 Å².